The Morgan fingerprint density at radius 2 is 1.94 bits per heavy atom. The molecule has 0 bridgehead atoms. The van der Waals surface area contributed by atoms with E-state index in [0.29, 0.717) is 35.9 Å². The smallest absolute Gasteiger partial charge is 0.255 e. The molecule has 8 N–H and O–H groups in total. The van der Waals surface area contributed by atoms with E-state index in [2.05, 4.69) is 23.3 Å². The van der Waals surface area contributed by atoms with Crippen LogP contribution in [0.4, 0.5) is 5.69 Å². The topological polar surface area (TPSA) is 145 Å². The van der Waals surface area contributed by atoms with Crippen LogP contribution in [0.2, 0.25) is 0 Å². The number of primary amides is 1. The van der Waals surface area contributed by atoms with Gasteiger partial charge >= 0.3 is 0 Å². The molecule has 1 aliphatic rings. The number of ether oxygens (including phenoxy) is 1. The number of nitrogens with one attached hydrogen (secondary N) is 2. The van der Waals surface area contributed by atoms with E-state index in [1.54, 1.807) is 36.4 Å². The van der Waals surface area contributed by atoms with Gasteiger partial charge in [-0.3, -0.25) is 9.59 Å². The highest BCUT2D eigenvalue weighted by molar-refractivity contribution is 7.80. The molecule has 2 aromatic carbocycles. The van der Waals surface area contributed by atoms with E-state index in [-0.39, 0.29) is 18.5 Å². The third-order valence-electron chi connectivity index (χ3n) is 5.25. The second-order valence-corrected chi connectivity index (χ2v) is 8.00. The van der Waals surface area contributed by atoms with Crippen LogP contribution in [0.5, 0.6) is 5.75 Å². The molecule has 9 heteroatoms. The third-order valence-corrected chi connectivity index (χ3v) is 5.72. The number of rotatable bonds is 9. The van der Waals surface area contributed by atoms with Crippen LogP contribution < -0.4 is 32.6 Å². The number of para-hydroxylation sites is 1. The Hall–Kier alpha value is -2.75. The predicted octanol–water partition coefficient (Wildman–Crippen LogP) is 0.766. The minimum atomic E-state index is -0.863. The van der Waals surface area contributed by atoms with Gasteiger partial charge in [-0.05, 0) is 23.8 Å². The zero-order valence-electron chi connectivity index (χ0n) is 17.2. The van der Waals surface area contributed by atoms with Gasteiger partial charge in [0.2, 0.25) is 5.91 Å². The highest BCUT2D eigenvalue weighted by Crippen LogP contribution is 2.35. The van der Waals surface area contributed by atoms with Crippen LogP contribution in [0.15, 0.2) is 42.5 Å². The first-order valence-corrected chi connectivity index (χ1v) is 10.8. The fourth-order valence-electron chi connectivity index (χ4n) is 3.52. The van der Waals surface area contributed by atoms with Crippen LogP contribution in [0, 0.1) is 0 Å². The largest absolute Gasteiger partial charge is 0.492 e. The van der Waals surface area contributed by atoms with Crippen molar-refractivity contribution in [3.8, 4) is 5.75 Å². The average Bonchev–Trinajstić information content (AvgIpc) is 2.77. The number of hydrogen-bond acceptors (Lipinski definition) is 7. The second-order valence-electron chi connectivity index (χ2n) is 7.64. The quantitative estimate of drug-likeness (QED) is 0.249. The van der Waals surface area contributed by atoms with Crippen molar-refractivity contribution in [2.75, 3.05) is 24.6 Å². The molecule has 2 amide bonds. The molecule has 31 heavy (non-hydrogen) atoms. The molecule has 0 spiro atoms. The van der Waals surface area contributed by atoms with Crippen LogP contribution >= 0.6 is 12.6 Å². The van der Waals surface area contributed by atoms with E-state index in [1.165, 1.54) is 0 Å². The lowest BCUT2D eigenvalue weighted by molar-refractivity contribution is -0.119. The summed E-state index contributed by atoms with van der Waals surface area (Å²) in [6.45, 7) is 1.07. The molecule has 166 valence electrons. The van der Waals surface area contributed by atoms with Gasteiger partial charge in [-0.25, -0.2) is 0 Å². The van der Waals surface area contributed by atoms with Crippen LogP contribution in [0.1, 0.15) is 33.9 Å². The predicted molar refractivity (Wildman–Crippen MR) is 124 cm³/mol. The first-order valence-electron chi connectivity index (χ1n) is 10.2. The van der Waals surface area contributed by atoms with Crippen molar-refractivity contribution in [2.24, 2.45) is 11.5 Å². The Bertz CT molecular complexity index is 922. The summed E-state index contributed by atoms with van der Waals surface area (Å²) >= 11 is 4.21. The summed E-state index contributed by atoms with van der Waals surface area (Å²) in [5.41, 5.74) is 19.9. The molecule has 0 radical (unpaired) electrons. The highest BCUT2D eigenvalue weighted by Gasteiger charge is 2.28. The van der Waals surface area contributed by atoms with Gasteiger partial charge in [-0.2, -0.15) is 12.6 Å². The molecular formula is C22H29N5O3S. The van der Waals surface area contributed by atoms with Gasteiger partial charge in [0.25, 0.3) is 5.91 Å². The lowest BCUT2D eigenvalue weighted by Crippen LogP contribution is -2.46. The summed E-state index contributed by atoms with van der Waals surface area (Å²) in [4.78, 5) is 25.0. The Morgan fingerprint density at radius 1 is 1.19 bits per heavy atom. The summed E-state index contributed by atoms with van der Waals surface area (Å²) in [7, 11) is 0. The molecule has 1 unspecified atom stereocenters. The van der Waals surface area contributed by atoms with Gasteiger partial charge in [-0.15, -0.1) is 0 Å². The molecule has 0 fully saturated rings. The normalized spacial score (nSPS) is 17.2. The number of carbonyl (C=O) groups is 2. The zero-order valence-corrected chi connectivity index (χ0v) is 18.1. The maximum absolute atomic E-state index is 13.0. The fourth-order valence-corrected chi connectivity index (χ4v) is 3.65. The van der Waals surface area contributed by atoms with E-state index < -0.39 is 17.9 Å². The summed E-state index contributed by atoms with van der Waals surface area (Å²) < 4.78 is 5.84. The van der Waals surface area contributed by atoms with Crippen molar-refractivity contribution < 1.29 is 14.3 Å². The molecule has 0 aromatic heterocycles. The molecule has 1 heterocycles. The number of fused-ring (bicyclic) bond motifs is 1. The molecule has 0 saturated carbocycles. The van der Waals surface area contributed by atoms with Crippen molar-refractivity contribution in [3.05, 3.63) is 59.2 Å². The third kappa shape index (κ3) is 5.90. The summed E-state index contributed by atoms with van der Waals surface area (Å²) in [5, 5.41) is 6.17. The number of nitrogen functional groups attached to an aromatic ring is 1. The highest BCUT2D eigenvalue weighted by atomic mass is 32.1. The lowest BCUT2D eigenvalue weighted by Gasteiger charge is -2.29. The number of carbonyl (C=O) groups excluding carboxylic acids is 2. The second kappa shape index (κ2) is 10.5. The van der Waals surface area contributed by atoms with Crippen LogP contribution in [0.25, 0.3) is 0 Å². The van der Waals surface area contributed by atoms with E-state index in [1.807, 2.05) is 6.07 Å². The van der Waals surface area contributed by atoms with Gasteiger partial charge in [0.1, 0.15) is 11.8 Å². The van der Waals surface area contributed by atoms with Crippen LogP contribution in [-0.2, 0) is 11.2 Å². The van der Waals surface area contributed by atoms with Crippen LogP contribution in [0.3, 0.4) is 0 Å². The van der Waals surface area contributed by atoms with Gasteiger partial charge in [0, 0.05) is 48.5 Å². The van der Waals surface area contributed by atoms with Crippen molar-refractivity contribution >= 4 is 30.1 Å². The molecule has 3 rings (SSSR count). The first-order chi connectivity index (χ1) is 14.9. The number of nitrogens with two attached hydrogens (primary N) is 3. The Balaban J connectivity index is 1.76. The van der Waals surface area contributed by atoms with Crippen molar-refractivity contribution in [3.63, 3.8) is 0 Å². The lowest BCUT2D eigenvalue weighted by atomic mass is 9.96. The van der Waals surface area contributed by atoms with Gasteiger partial charge < -0.3 is 32.6 Å². The van der Waals surface area contributed by atoms with E-state index >= 15 is 0 Å². The Kier molecular flexibility index (Phi) is 7.78. The number of amides is 2. The van der Waals surface area contributed by atoms with Gasteiger partial charge in [-0.1, -0.05) is 24.3 Å². The van der Waals surface area contributed by atoms with Gasteiger partial charge in [0.15, 0.2) is 0 Å². The number of benzene rings is 2. The SMILES string of the molecule is NC(=O)[C@H](Cc1ccc(N)cc1)NC(=O)c1cccc2c1OCCC2NC[C@@H](N)CS. The standard InChI is InChI=1S/C22H29N5O3S/c23-14-6-4-13(5-7-14)10-19(21(25)28)27-22(29)17-3-1-2-16-18(8-9-30-20(16)17)26-11-15(24)12-31/h1-7,15,18-19,26,31H,8-12,23-24H2,(H2,25,28)(H,27,29)/t15-,18?,19+/m1/s1. The molecule has 2 aromatic rings. The monoisotopic (exact) mass is 443 g/mol. The molecule has 0 saturated heterocycles. The maximum atomic E-state index is 13.0. The van der Waals surface area contributed by atoms with Crippen molar-refractivity contribution in [1.29, 1.82) is 0 Å². The minimum absolute atomic E-state index is 0.0177. The summed E-state index contributed by atoms with van der Waals surface area (Å²) in [6, 6.07) is 11.6. The van der Waals surface area contributed by atoms with Crippen LogP contribution in [-0.4, -0.2) is 42.8 Å². The molecule has 1 aliphatic heterocycles. The summed E-state index contributed by atoms with van der Waals surface area (Å²) in [6.07, 6.45) is 1.03. The zero-order chi connectivity index (χ0) is 22.4. The van der Waals surface area contributed by atoms with E-state index in [9.17, 15) is 9.59 Å². The maximum Gasteiger partial charge on any atom is 0.255 e. The number of anilines is 1. The number of hydrogen-bond donors (Lipinski definition) is 6. The minimum Gasteiger partial charge on any atom is -0.492 e. The fraction of sp³-hybridized carbons (Fsp3) is 0.364. The molecule has 0 aliphatic carbocycles. The number of thiol groups is 1. The molecule has 8 nitrogen and oxygen atoms in total. The van der Waals surface area contributed by atoms with Crippen molar-refractivity contribution in [2.45, 2.75) is 31.0 Å². The summed E-state index contributed by atoms with van der Waals surface area (Å²) in [5.74, 6) is 0.0625. The molecular weight excluding hydrogens is 414 g/mol. The Morgan fingerprint density at radius 3 is 2.61 bits per heavy atom. The van der Waals surface area contributed by atoms with Gasteiger partial charge in [0.05, 0.1) is 12.2 Å². The first kappa shape index (κ1) is 22.9. The average molecular weight is 444 g/mol. The van der Waals surface area contributed by atoms with E-state index in [0.717, 1.165) is 17.5 Å². The molecule has 3 atom stereocenters. The Labute approximate surface area is 187 Å². The van der Waals surface area contributed by atoms with E-state index in [4.69, 9.17) is 21.9 Å². The van der Waals surface area contributed by atoms with Crippen molar-refractivity contribution in [1.82, 2.24) is 10.6 Å².